The van der Waals surface area contributed by atoms with Crippen molar-refractivity contribution >= 4 is 17.5 Å². The van der Waals surface area contributed by atoms with E-state index in [4.69, 9.17) is 5.26 Å². The molecule has 1 aromatic carbocycles. The van der Waals surface area contributed by atoms with E-state index in [2.05, 4.69) is 10.6 Å². The summed E-state index contributed by atoms with van der Waals surface area (Å²) in [5.74, 6) is -0.207. The maximum atomic E-state index is 12.4. The first-order valence-corrected chi connectivity index (χ1v) is 7.08. The highest BCUT2D eigenvalue weighted by Crippen LogP contribution is 2.47. The van der Waals surface area contributed by atoms with E-state index in [1.54, 1.807) is 24.3 Å². The Kier molecular flexibility index (Phi) is 4.27. The summed E-state index contributed by atoms with van der Waals surface area (Å²) in [5.41, 5.74) is -0.116. The Morgan fingerprint density at radius 2 is 1.95 bits per heavy atom. The molecule has 1 saturated carbocycles. The van der Waals surface area contributed by atoms with Crippen LogP contribution in [0.25, 0.3) is 0 Å². The Morgan fingerprint density at radius 1 is 1.29 bits per heavy atom. The predicted octanol–water partition coefficient (Wildman–Crippen LogP) is 2.05. The van der Waals surface area contributed by atoms with Crippen molar-refractivity contribution in [2.24, 2.45) is 11.3 Å². The molecule has 0 saturated heterocycles. The zero-order valence-electron chi connectivity index (χ0n) is 12.3. The quantitative estimate of drug-likeness (QED) is 0.812. The number of anilines is 1. The summed E-state index contributed by atoms with van der Waals surface area (Å²) >= 11 is 0. The van der Waals surface area contributed by atoms with Crippen molar-refractivity contribution < 1.29 is 9.59 Å². The van der Waals surface area contributed by atoms with Crippen molar-refractivity contribution in [1.82, 2.24) is 5.32 Å². The van der Waals surface area contributed by atoms with Crippen LogP contribution in [-0.4, -0.2) is 18.4 Å². The summed E-state index contributed by atoms with van der Waals surface area (Å²) in [6.07, 6.45) is 1.11. The van der Waals surface area contributed by atoms with Gasteiger partial charge in [0.25, 0.3) is 0 Å². The smallest absolute Gasteiger partial charge is 0.240 e. The Morgan fingerprint density at radius 3 is 2.52 bits per heavy atom. The second kappa shape index (κ2) is 5.96. The highest BCUT2D eigenvalue weighted by molar-refractivity contribution is 6.13. The minimum atomic E-state index is -0.961. The number of carbonyl (C=O) groups excluding carboxylic acids is 2. The first-order valence-electron chi connectivity index (χ1n) is 7.08. The summed E-state index contributed by atoms with van der Waals surface area (Å²) in [5, 5.41) is 14.5. The molecule has 1 aromatic rings. The second-order valence-corrected chi connectivity index (χ2v) is 5.80. The topological polar surface area (TPSA) is 82.0 Å². The van der Waals surface area contributed by atoms with Gasteiger partial charge in [-0.2, -0.15) is 5.26 Å². The number of amides is 2. The van der Waals surface area contributed by atoms with E-state index >= 15 is 0 Å². The summed E-state index contributed by atoms with van der Waals surface area (Å²) in [4.78, 5) is 24.6. The predicted molar refractivity (Wildman–Crippen MR) is 79.3 cm³/mol. The van der Waals surface area contributed by atoms with Gasteiger partial charge in [0.2, 0.25) is 11.8 Å². The highest BCUT2D eigenvalue weighted by atomic mass is 16.2. The van der Waals surface area contributed by atoms with Crippen LogP contribution in [0.1, 0.15) is 32.3 Å². The van der Waals surface area contributed by atoms with Gasteiger partial charge in [0.1, 0.15) is 11.5 Å². The van der Waals surface area contributed by atoms with Crippen LogP contribution in [0.5, 0.6) is 0 Å². The molecule has 5 nitrogen and oxygen atoms in total. The van der Waals surface area contributed by atoms with Gasteiger partial charge in [-0.15, -0.1) is 0 Å². The van der Waals surface area contributed by atoms with E-state index in [1.165, 1.54) is 0 Å². The molecule has 0 aliphatic heterocycles. The van der Waals surface area contributed by atoms with Crippen molar-refractivity contribution in [3.63, 3.8) is 0 Å². The van der Waals surface area contributed by atoms with E-state index in [1.807, 2.05) is 19.9 Å². The molecule has 0 aromatic heterocycles. The molecule has 1 aliphatic rings. The van der Waals surface area contributed by atoms with Crippen LogP contribution in [0.15, 0.2) is 24.3 Å². The van der Waals surface area contributed by atoms with E-state index in [9.17, 15) is 9.59 Å². The van der Waals surface area contributed by atoms with Crippen molar-refractivity contribution in [2.75, 3.05) is 11.9 Å². The van der Waals surface area contributed by atoms with E-state index < -0.39 is 5.41 Å². The molecule has 1 aliphatic carbocycles. The molecule has 0 heterocycles. The monoisotopic (exact) mass is 285 g/mol. The minimum Gasteiger partial charge on any atom is -0.355 e. The van der Waals surface area contributed by atoms with Gasteiger partial charge in [-0.25, -0.2) is 0 Å². The molecular formula is C16H19N3O2. The number of hydrogen-bond donors (Lipinski definition) is 2. The van der Waals surface area contributed by atoms with Crippen molar-refractivity contribution in [1.29, 1.82) is 5.26 Å². The van der Waals surface area contributed by atoms with E-state index in [-0.39, 0.29) is 11.8 Å². The molecule has 0 radical (unpaired) electrons. The van der Waals surface area contributed by atoms with Gasteiger partial charge in [0.15, 0.2) is 0 Å². The Balaban J connectivity index is 2.06. The van der Waals surface area contributed by atoms with E-state index in [0.29, 0.717) is 36.6 Å². The summed E-state index contributed by atoms with van der Waals surface area (Å²) in [7, 11) is 0. The number of nitrogens with one attached hydrogen (secondary N) is 2. The van der Waals surface area contributed by atoms with Crippen LogP contribution in [0, 0.1) is 22.7 Å². The Hall–Kier alpha value is -2.35. The van der Waals surface area contributed by atoms with Crippen LogP contribution in [-0.2, 0) is 9.59 Å². The number of rotatable bonds is 5. The second-order valence-electron chi connectivity index (χ2n) is 5.80. The average Bonchev–Trinajstić information content (AvgIpc) is 3.27. The molecule has 0 spiro atoms. The maximum Gasteiger partial charge on any atom is 0.240 e. The largest absolute Gasteiger partial charge is 0.355 e. The van der Waals surface area contributed by atoms with Gasteiger partial charge in [-0.1, -0.05) is 26.0 Å². The van der Waals surface area contributed by atoms with Crippen LogP contribution >= 0.6 is 0 Å². The van der Waals surface area contributed by atoms with Crippen molar-refractivity contribution in [3.05, 3.63) is 29.8 Å². The van der Waals surface area contributed by atoms with Gasteiger partial charge < -0.3 is 10.6 Å². The summed E-state index contributed by atoms with van der Waals surface area (Å²) in [6, 6.07) is 8.80. The van der Waals surface area contributed by atoms with Gasteiger partial charge in [-0.3, -0.25) is 9.59 Å². The molecule has 2 amide bonds. The molecule has 5 heteroatoms. The Labute approximate surface area is 124 Å². The van der Waals surface area contributed by atoms with Crippen LogP contribution in [0.2, 0.25) is 0 Å². The molecule has 0 unspecified atom stereocenters. The molecule has 2 rings (SSSR count). The highest BCUT2D eigenvalue weighted by Gasteiger charge is 2.56. The third-order valence-corrected chi connectivity index (χ3v) is 3.59. The summed E-state index contributed by atoms with van der Waals surface area (Å²) < 4.78 is 0. The van der Waals surface area contributed by atoms with Gasteiger partial charge in [0.05, 0.1) is 11.3 Å². The fraction of sp³-hybridized carbons (Fsp3) is 0.438. The van der Waals surface area contributed by atoms with E-state index in [0.717, 1.165) is 0 Å². The Bertz CT molecular complexity index is 598. The number of benzene rings is 1. The SMILES string of the molecule is CC(C)CNC(=O)C1(C(=O)Nc2ccccc2C#N)CC1. The average molecular weight is 285 g/mol. The molecule has 21 heavy (non-hydrogen) atoms. The number of nitrogens with zero attached hydrogens (tertiary/aromatic N) is 1. The third kappa shape index (κ3) is 3.22. The third-order valence-electron chi connectivity index (χ3n) is 3.59. The van der Waals surface area contributed by atoms with Crippen LogP contribution < -0.4 is 10.6 Å². The van der Waals surface area contributed by atoms with Crippen molar-refractivity contribution in [3.8, 4) is 6.07 Å². The molecule has 0 atom stereocenters. The fourth-order valence-electron chi connectivity index (χ4n) is 2.08. The zero-order chi connectivity index (χ0) is 15.5. The lowest BCUT2D eigenvalue weighted by Gasteiger charge is -2.16. The standard InChI is InChI=1S/C16H19N3O2/c1-11(2)10-18-14(20)16(7-8-16)15(21)19-13-6-4-3-5-12(13)9-17/h3-6,11H,7-8,10H2,1-2H3,(H,18,20)(H,19,21). The van der Waals surface area contributed by atoms with Crippen molar-refractivity contribution in [2.45, 2.75) is 26.7 Å². The van der Waals surface area contributed by atoms with Crippen LogP contribution in [0.4, 0.5) is 5.69 Å². The number of para-hydroxylation sites is 1. The molecule has 1 fully saturated rings. The molecular weight excluding hydrogens is 266 g/mol. The molecule has 110 valence electrons. The maximum absolute atomic E-state index is 12.4. The first kappa shape index (κ1) is 15.0. The van der Waals surface area contributed by atoms with Gasteiger partial charge >= 0.3 is 0 Å². The zero-order valence-corrected chi connectivity index (χ0v) is 12.3. The lowest BCUT2D eigenvalue weighted by atomic mass is 10.0. The fourth-order valence-corrected chi connectivity index (χ4v) is 2.08. The molecule has 0 bridgehead atoms. The molecule has 2 N–H and O–H groups in total. The summed E-state index contributed by atoms with van der Waals surface area (Å²) in [6.45, 7) is 4.56. The normalized spacial score (nSPS) is 15.1. The van der Waals surface area contributed by atoms with Gasteiger partial charge in [0, 0.05) is 6.54 Å². The number of hydrogen-bond acceptors (Lipinski definition) is 3. The number of nitriles is 1. The lowest BCUT2D eigenvalue weighted by molar-refractivity contribution is -0.134. The number of carbonyl (C=O) groups is 2. The van der Waals surface area contributed by atoms with Gasteiger partial charge in [-0.05, 0) is 30.9 Å². The van der Waals surface area contributed by atoms with Crippen LogP contribution in [0.3, 0.4) is 0 Å². The minimum absolute atomic E-state index is 0.219. The lowest BCUT2D eigenvalue weighted by Crippen LogP contribution is -2.41. The first-order chi connectivity index (χ1) is 9.99.